The van der Waals surface area contributed by atoms with E-state index in [2.05, 4.69) is 11.1 Å². The monoisotopic (exact) mass is 215 g/mol. The molecule has 0 bridgehead atoms. The first-order valence-corrected chi connectivity index (χ1v) is 5.39. The molecule has 0 aliphatic carbocycles. The summed E-state index contributed by atoms with van der Waals surface area (Å²) in [6.45, 7) is 1.21. The van der Waals surface area contributed by atoms with Gasteiger partial charge in [0.15, 0.2) is 0 Å². The highest BCUT2D eigenvalue weighted by atomic mass is 16.5. The summed E-state index contributed by atoms with van der Waals surface area (Å²) in [6.07, 6.45) is 1.80. The number of hydrogen-bond donors (Lipinski definition) is 1. The van der Waals surface area contributed by atoms with Crippen LogP contribution in [0.1, 0.15) is 5.69 Å². The molecule has 1 N–H and O–H groups in total. The number of rotatable bonds is 2. The molecule has 3 heteroatoms. The van der Waals surface area contributed by atoms with E-state index in [1.54, 1.807) is 6.20 Å². The molecule has 16 heavy (non-hydrogen) atoms. The highest BCUT2D eigenvalue weighted by Gasteiger charge is 2.42. The van der Waals surface area contributed by atoms with Gasteiger partial charge in [-0.3, -0.25) is 4.98 Å². The van der Waals surface area contributed by atoms with Crippen molar-refractivity contribution in [1.82, 2.24) is 4.98 Å². The molecule has 1 aliphatic rings. The van der Waals surface area contributed by atoms with Gasteiger partial charge in [-0.25, -0.2) is 0 Å². The summed E-state index contributed by atoms with van der Waals surface area (Å²) in [6, 6.07) is 10.1. The average molecular weight is 215 g/mol. The second kappa shape index (κ2) is 3.54. The van der Waals surface area contributed by atoms with Crippen LogP contribution in [0.2, 0.25) is 0 Å². The van der Waals surface area contributed by atoms with Gasteiger partial charge < -0.3 is 9.84 Å². The molecule has 1 fully saturated rings. The first kappa shape index (κ1) is 9.75. The summed E-state index contributed by atoms with van der Waals surface area (Å²) in [4.78, 5) is 4.43. The molecule has 3 nitrogen and oxygen atoms in total. The van der Waals surface area contributed by atoms with Crippen molar-refractivity contribution < 1.29 is 9.84 Å². The summed E-state index contributed by atoms with van der Waals surface area (Å²) in [7, 11) is 0. The van der Waals surface area contributed by atoms with E-state index < -0.39 is 0 Å². The van der Waals surface area contributed by atoms with Crippen molar-refractivity contribution in [1.29, 1.82) is 0 Å². The normalized spacial score (nSPS) is 18.3. The van der Waals surface area contributed by atoms with Gasteiger partial charge in [-0.15, -0.1) is 0 Å². The Bertz CT molecular complexity index is 509. The van der Waals surface area contributed by atoms with E-state index in [4.69, 9.17) is 4.74 Å². The third-order valence-corrected chi connectivity index (χ3v) is 3.24. The third kappa shape index (κ3) is 1.25. The zero-order valence-electron chi connectivity index (χ0n) is 8.89. The Morgan fingerprint density at radius 2 is 2.06 bits per heavy atom. The lowest BCUT2D eigenvalue weighted by Gasteiger charge is -2.39. The molecule has 0 radical (unpaired) electrons. The van der Waals surface area contributed by atoms with E-state index in [0.29, 0.717) is 13.2 Å². The van der Waals surface area contributed by atoms with E-state index in [9.17, 15) is 5.11 Å². The topological polar surface area (TPSA) is 42.4 Å². The van der Waals surface area contributed by atoms with Crippen LogP contribution >= 0.6 is 0 Å². The zero-order chi connectivity index (χ0) is 11.0. The highest BCUT2D eigenvalue weighted by Crippen LogP contribution is 2.34. The van der Waals surface area contributed by atoms with Gasteiger partial charge >= 0.3 is 0 Å². The van der Waals surface area contributed by atoms with Gasteiger partial charge in [0.25, 0.3) is 0 Å². The number of aliphatic hydroxyl groups excluding tert-OH is 1. The van der Waals surface area contributed by atoms with Gasteiger partial charge in [-0.05, 0) is 11.5 Å². The SMILES string of the molecule is OCC1(c2nccc3ccccc23)COC1. The minimum absolute atomic E-state index is 0.0913. The molecule has 1 aliphatic heterocycles. The van der Waals surface area contributed by atoms with Crippen LogP contribution in [0.4, 0.5) is 0 Å². The number of aliphatic hydroxyl groups is 1. The quantitative estimate of drug-likeness (QED) is 0.825. The van der Waals surface area contributed by atoms with Crippen molar-refractivity contribution in [2.75, 3.05) is 19.8 Å². The highest BCUT2D eigenvalue weighted by molar-refractivity contribution is 5.85. The first-order chi connectivity index (χ1) is 7.86. The van der Waals surface area contributed by atoms with Crippen LogP contribution in [0.3, 0.4) is 0 Å². The smallest absolute Gasteiger partial charge is 0.0828 e. The van der Waals surface area contributed by atoms with Crippen LogP contribution in [-0.4, -0.2) is 29.9 Å². The summed E-state index contributed by atoms with van der Waals surface area (Å²) in [5.41, 5.74) is 0.667. The minimum atomic E-state index is -0.291. The Balaban J connectivity index is 2.23. The Hall–Kier alpha value is -1.45. The van der Waals surface area contributed by atoms with E-state index in [1.807, 2.05) is 24.3 Å². The Morgan fingerprint density at radius 1 is 1.25 bits per heavy atom. The van der Waals surface area contributed by atoms with E-state index in [-0.39, 0.29) is 12.0 Å². The molecular weight excluding hydrogens is 202 g/mol. The largest absolute Gasteiger partial charge is 0.395 e. The summed E-state index contributed by atoms with van der Waals surface area (Å²) in [5.74, 6) is 0. The summed E-state index contributed by atoms with van der Waals surface area (Å²) < 4.78 is 5.23. The Morgan fingerprint density at radius 3 is 2.75 bits per heavy atom. The summed E-state index contributed by atoms with van der Waals surface area (Å²) in [5, 5.41) is 11.8. The van der Waals surface area contributed by atoms with Crippen molar-refractivity contribution in [3.8, 4) is 0 Å². The molecule has 3 rings (SSSR count). The maximum absolute atomic E-state index is 9.53. The van der Waals surface area contributed by atoms with Crippen LogP contribution in [0.5, 0.6) is 0 Å². The standard InChI is InChI=1S/C13H13NO2/c15-7-13(8-16-9-13)12-11-4-2-1-3-10(11)5-6-14-12/h1-6,15H,7-9H2. The molecule has 1 saturated heterocycles. The molecule has 1 aromatic heterocycles. The molecule has 82 valence electrons. The predicted molar refractivity (Wildman–Crippen MR) is 61.3 cm³/mol. The van der Waals surface area contributed by atoms with Gasteiger partial charge in [-0.2, -0.15) is 0 Å². The third-order valence-electron chi connectivity index (χ3n) is 3.24. The second-order valence-corrected chi connectivity index (χ2v) is 4.31. The molecule has 2 aromatic rings. The fourth-order valence-electron chi connectivity index (χ4n) is 2.19. The fourth-order valence-corrected chi connectivity index (χ4v) is 2.19. The maximum Gasteiger partial charge on any atom is 0.0828 e. The van der Waals surface area contributed by atoms with Crippen LogP contribution in [-0.2, 0) is 10.2 Å². The van der Waals surface area contributed by atoms with Crippen molar-refractivity contribution >= 4 is 10.8 Å². The lowest BCUT2D eigenvalue weighted by atomic mass is 9.81. The fraction of sp³-hybridized carbons (Fsp3) is 0.308. The number of pyridine rings is 1. The van der Waals surface area contributed by atoms with Gasteiger partial charge in [0.05, 0.1) is 30.9 Å². The molecule has 0 unspecified atom stereocenters. The number of benzene rings is 1. The molecule has 0 spiro atoms. The predicted octanol–water partition coefficient (Wildman–Crippen LogP) is 1.50. The van der Waals surface area contributed by atoms with Gasteiger partial charge in [0, 0.05) is 11.6 Å². The van der Waals surface area contributed by atoms with Crippen molar-refractivity contribution in [3.05, 3.63) is 42.2 Å². The number of aromatic nitrogens is 1. The van der Waals surface area contributed by atoms with Crippen molar-refractivity contribution in [3.63, 3.8) is 0 Å². The lowest BCUT2D eigenvalue weighted by Crippen LogP contribution is -2.50. The molecule has 0 atom stereocenters. The Kier molecular flexibility index (Phi) is 2.16. The molecule has 1 aromatic carbocycles. The first-order valence-electron chi connectivity index (χ1n) is 5.39. The summed E-state index contributed by atoms with van der Waals surface area (Å²) >= 11 is 0. The maximum atomic E-state index is 9.53. The van der Waals surface area contributed by atoms with Crippen LogP contribution in [0, 0.1) is 0 Å². The van der Waals surface area contributed by atoms with Gasteiger partial charge in [-0.1, -0.05) is 24.3 Å². The Labute approximate surface area is 93.7 Å². The average Bonchev–Trinajstić information content (AvgIpc) is 2.29. The second-order valence-electron chi connectivity index (χ2n) is 4.31. The number of fused-ring (bicyclic) bond motifs is 1. The lowest BCUT2D eigenvalue weighted by molar-refractivity contribution is -0.0854. The number of nitrogens with zero attached hydrogens (tertiary/aromatic N) is 1. The van der Waals surface area contributed by atoms with E-state index in [1.165, 1.54) is 0 Å². The zero-order valence-corrected chi connectivity index (χ0v) is 8.89. The van der Waals surface area contributed by atoms with Gasteiger partial charge in [0.2, 0.25) is 0 Å². The molecule has 0 amide bonds. The molecular formula is C13H13NO2. The molecule has 0 saturated carbocycles. The van der Waals surface area contributed by atoms with Crippen molar-refractivity contribution in [2.24, 2.45) is 0 Å². The van der Waals surface area contributed by atoms with Crippen molar-refractivity contribution in [2.45, 2.75) is 5.41 Å². The van der Waals surface area contributed by atoms with E-state index >= 15 is 0 Å². The number of ether oxygens (including phenoxy) is 1. The number of hydrogen-bond acceptors (Lipinski definition) is 3. The molecule has 2 heterocycles. The van der Waals surface area contributed by atoms with Crippen LogP contribution < -0.4 is 0 Å². The minimum Gasteiger partial charge on any atom is -0.395 e. The van der Waals surface area contributed by atoms with Crippen LogP contribution in [0.15, 0.2) is 36.5 Å². The van der Waals surface area contributed by atoms with Crippen LogP contribution in [0.25, 0.3) is 10.8 Å². The van der Waals surface area contributed by atoms with Gasteiger partial charge in [0.1, 0.15) is 0 Å². The van der Waals surface area contributed by atoms with E-state index in [0.717, 1.165) is 16.5 Å².